The van der Waals surface area contributed by atoms with E-state index in [-0.39, 0.29) is 25.0 Å². The van der Waals surface area contributed by atoms with E-state index in [0.29, 0.717) is 62.3 Å². The van der Waals surface area contributed by atoms with Crippen LogP contribution in [0, 0.1) is 5.92 Å². The molecule has 0 unspecified atom stereocenters. The zero-order valence-electron chi connectivity index (χ0n) is 26.3. The first-order valence-corrected chi connectivity index (χ1v) is 16.3. The second-order valence-corrected chi connectivity index (χ2v) is 12.5. The van der Waals surface area contributed by atoms with Crippen LogP contribution in [-0.2, 0) is 39.5 Å². The molecule has 11 heteroatoms. The summed E-state index contributed by atoms with van der Waals surface area (Å²) < 4.78 is 1.71. The predicted octanol–water partition coefficient (Wildman–Crippen LogP) is 3.86. The number of allylic oxidation sites excluding steroid dienone is 1. The number of piperidine rings is 2. The van der Waals surface area contributed by atoms with Crippen LogP contribution in [0.4, 0.5) is 17.1 Å². The number of anilines is 3. The van der Waals surface area contributed by atoms with Crippen molar-refractivity contribution in [1.82, 2.24) is 15.0 Å². The van der Waals surface area contributed by atoms with E-state index in [1.165, 1.54) is 0 Å². The largest absolute Gasteiger partial charge is 0.396 e. The molecule has 2 atom stereocenters. The van der Waals surface area contributed by atoms with Crippen molar-refractivity contribution < 1.29 is 24.6 Å². The summed E-state index contributed by atoms with van der Waals surface area (Å²) >= 11 is 0. The van der Waals surface area contributed by atoms with Crippen LogP contribution in [0.2, 0.25) is 0 Å². The van der Waals surface area contributed by atoms with Crippen molar-refractivity contribution in [3.05, 3.63) is 77.6 Å². The number of amides is 3. The number of rotatable bonds is 11. The average molecular weight is 627 g/mol. The van der Waals surface area contributed by atoms with Crippen LogP contribution in [0.25, 0.3) is 0 Å². The van der Waals surface area contributed by atoms with Gasteiger partial charge in [0.25, 0.3) is 5.91 Å². The number of hydrogen-bond donors (Lipinski definition) is 2. The minimum Gasteiger partial charge on any atom is -0.396 e. The smallest absolute Gasteiger partial charge is 0.264 e. The Morgan fingerprint density at radius 3 is 2.37 bits per heavy atom. The van der Waals surface area contributed by atoms with Crippen molar-refractivity contribution >= 4 is 34.8 Å². The molecule has 46 heavy (non-hydrogen) atoms. The Labute approximate surface area is 269 Å². The van der Waals surface area contributed by atoms with Gasteiger partial charge in [0.1, 0.15) is 0 Å². The molecule has 1 aromatic heterocycles. The number of benzene rings is 2. The first-order chi connectivity index (χ1) is 22.3. The van der Waals surface area contributed by atoms with Crippen molar-refractivity contribution in [3.63, 3.8) is 0 Å². The predicted molar refractivity (Wildman–Crippen MR) is 174 cm³/mol. The fourth-order valence-electron chi connectivity index (χ4n) is 6.75. The number of nitrogens with zero attached hydrogens (tertiary/aromatic N) is 6. The highest BCUT2D eigenvalue weighted by Gasteiger charge is 2.52. The van der Waals surface area contributed by atoms with Gasteiger partial charge in [-0.3, -0.25) is 19.1 Å². The molecule has 3 aliphatic heterocycles. The fraction of sp³-hybridized carbons (Fsp3) is 0.457. The average Bonchev–Trinajstić information content (AvgIpc) is 3.60. The zero-order chi connectivity index (χ0) is 32.3. The van der Waals surface area contributed by atoms with Crippen LogP contribution in [0.15, 0.2) is 60.8 Å². The summed E-state index contributed by atoms with van der Waals surface area (Å²) in [5, 5.41) is 29.6. The third kappa shape index (κ3) is 6.21. The summed E-state index contributed by atoms with van der Waals surface area (Å²) in [5.41, 5.74) is 2.32. The molecule has 3 aliphatic rings. The van der Waals surface area contributed by atoms with Gasteiger partial charge in [-0.2, -0.15) is 0 Å². The van der Waals surface area contributed by atoms with E-state index in [1.807, 2.05) is 66.4 Å². The van der Waals surface area contributed by atoms with Crippen LogP contribution < -0.4 is 14.7 Å². The Morgan fingerprint density at radius 2 is 1.67 bits per heavy atom. The number of hydrogen-bond acceptors (Lipinski definition) is 7. The van der Waals surface area contributed by atoms with Crippen LogP contribution in [0.5, 0.6) is 0 Å². The number of fused-ring (bicyclic) bond motifs is 1. The van der Waals surface area contributed by atoms with E-state index < -0.39 is 17.4 Å². The summed E-state index contributed by atoms with van der Waals surface area (Å²) in [7, 11) is 0. The lowest BCUT2D eigenvalue weighted by Crippen LogP contribution is -2.44. The molecule has 2 saturated heterocycles. The van der Waals surface area contributed by atoms with Gasteiger partial charge in [-0.1, -0.05) is 36.4 Å². The van der Waals surface area contributed by atoms with Gasteiger partial charge in [0, 0.05) is 74.6 Å². The Bertz CT molecular complexity index is 1630. The number of carbonyl (C=O) groups excluding carboxylic acids is 3. The molecule has 0 bridgehead atoms. The minimum atomic E-state index is -1.84. The summed E-state index contributed by atoms with van der Waals surface area (Å²) in [6, 6.07) is 13.2. The highest BCUT2D eigenvalue weighted by atomic mass is 16.3. The van der Waals surface area contributed by atoms with Gasteiger partial charge in [0.05, 0.1) is 17.9 Å². The maximum Gasteiger partial charge on any atom is 0.264 e. The number of aryl methyl sites for hydroxylation is 1. The van der Waals surface area contributed by atoms with Gasteiger partial charge in [0.15, 0.2) is 5.60 Å². The molecule has 0 spiro atoms. The molecule has 242 valence electrons. The third-order valence-corrected chi connectivity index (χ3v) is 9.34. The van der Waals surface area contributed by atoms with Gasteiger partial charge < -0.3 is 24.9 Å². The molecular weight excluding hydrogens is 584 g/mol. The number of aliphatic hydroxyl groups is 2. The summed E-state index contributed by atoms with van der Waals surface area (Å²) in [5.74, 6) is -0.849. The van der Waals surface area contributed by atoms with Crippen LogP contribution >= 0.6 is 0 Å². The summed E-state index contributed by atoms with van der Waals surface area (Å²) in [6.07, 6.45) is 11.3. The molecule has 0 saturated carbocycles. The molecule has 2 aromatic carbocycles. The maximum atomic E-state index is 14.3. The molecule has 3 amide bonds. The Balaban J connectivity index is 1.27. The molecule has 0 aliphatic carbocycles. The molecule has 0 radical (unpaired) electrons. The lowest BCUT2D eigenvalue weighted by molar-refractivity contribution is -0.139. The van der Waals surface area contributed by atoms with E-state index in [2.05, 4.69) is 10.3 Å². The highest BCUT2D eigenvalue weighted by molar-refractivity contribution is 6.08. The van der Waals surface area contributed by atoms with E-state index in [9.17, 15) is 19.5 Å². The van der Waals surface area contributed by atoms with Gasteiger partial charge >= 0.3 is 0 Å². The highest BCUT2D eigenvalue weighted by Crippen LogP contribution is 2.47. The number of aromatic nitrogens is 3. The van der Waals surface area contributed by atoms with Gasteiger partial charge in [-0.15, -0.1) is 5.10 Å². The second kappa shape index (κ2) is 13.6. The molecule has 11 nitrogen and oxygen atoms in total. The lowest BCUT2D eigenvalue weighted by Gasteiger charge is -2.30. The topological polar surface area (TPSA) is 132 Å². The van der Waals surface area contributed by atoms with Crippen molar-refractivity contribution in [1.29, 1.82) is 0 Å². The van der Waals surface area contributed by atoms with Crippen molar-refractivity contribution in [3.8, 4) is 0 Å². The maximum absolute atomic E-state index is 14.3. The Kier molecular flexibility index (Phi) is 9.32. The first-order valence-electron chi connectivity index (χ1n) is 16.3. The second-order valence-electron chi connectivity index (χ2n) is 12.5. The Hall–Kier alpha value is -4.35. The summed E-state index contributed by atoms with van der Waals surface area (Å²) in [6.45, 7) is 3.92. The normalized spacial score (nSPS) is 21.0. The van der Waals surface area contributed by atoms with Crippen molar-refractivity contribution in [2.24, 2.45) is 5.92 Å². The SMILES string of the molecule is C[C@@H](/C=C/CCn1cc(CCO)nn1)[C@]1(O)C(=O)N(Cc2cccc(N3CCCCC3=O)c2)c2ccc(N3CCCCC3=O)cc21. The minimum absolute atomic E-state index is 0.0123. The van der Waals surface area contributed by atoms with Gasteiger partial charge in [-0.25, -0.2) is 0 Å². The molecule has 2 fully saturated rings. The van der Waals surface area contributed by atoms with E-state index in [0.717, 1.165) is 42.6 Å². The van der Waals surface area contributed by atoms with Crippen molar-refractivity contribution in [2.75, 3.05) is 34.4 Å². The van der Waals surface area contributed by atoms with E-state index in [4.69, 9.17) is 5.11 Å². The summed E-state index contributed by atoms with van der Waals surface area (Å²) in [4.78, 5) is 44.9. The molecule has 4 heterocycles. The quantitative estimate of drug-likeness (QED) is 0.309. The van der Waals surface area contributed by atoms with Crippen LogP contribution in [0.3, 0.4) is 0 Å². The zero-order valence-corrected chi connectivity index (χ0v) is 26.3. The van der Waals surface area contributed by atoms with Crippen LogP contribution in [0.1, 0.15) is 68.7 Å². The molecule has 6 rings (SSSR count). The molecular formula is C35H42N6O5. The van der Waals surface area contributed by atoms with Gasteiger partial charge in [0.2, 0.25) is 11.8 Å². The Morgan fingerprint density at radius 1 is 0.957 bits per heavy atom. The number of aliphatic hydroxyl groups excluding tert-OH is 1. The lowest BCUT2D eigenvalue weighted by atomic mass is 9.82. The molecule has 3 aromatic rings. The molecule has 2 N–H and O–H groups in total. The standard InChI is InChI=1S/C35H42N6O5/c1-25(9-2-5-17-38-24-27(16-20-42)36-37-38)35(46)30-22-29(40-19-7-4-13-33(40)44)14-15-31(30)41(34(35)45)23-26-10-8-11-28(21-26)39-18-6-3-12-32(39)43/h2,8-11,14-15,21-22,24-25,42,46H,3-7,12-13,16-20,23H2,1H3/b9-2+/t25-,35+/m0/s1. The van der Waals surface area contributed by atoms with E-state index >= 15 is 0 Å². The van der Waals surface area contributed by atoms with Crippen LogP contribution in [-0.4, -0.2) is 62.6 Å². The van der Waals surface area contributed by atoms with E-state index in [1.54, 1.807) is 20.7 Å². The number of carbonyl (C=O) groups is 3. The third-order valence-electron chi connectivity index (χ3n) is 9.34. The van der Waals surface area contributed by atoms with Crippen molar-refractivity contribution in [2.45, 2.75) is 77.0 Å². The fourth-order valence-corrected chi connectivity index (χ4v) is 6.75. The first kappa shape index (κ1) is 31.6. The monoisotopic (exact) mass is 626 g/mol. The van der Waals surface area contributed by atoms with Gasteiger partial charge in [-0.05, 0) is 68.0 Å².